The van der Waals surface area contributed by atoms with Gasteiger partial charge < -0.3 is 14.2 Å². The van der Waals surface area contributed by atoms with Gasteiger partial charge >= 0.3 is 0 Å². The van der Waals surface area contributed by atoms with Gasteiger partial charge in [-0.1, -0.05) is 0 Å². The Kier molecular flexibility index (Phi) is 3.97. The van der Waals surface area contributed by atoms with E-state index < -0.39 is 0 Å². The highest BCUT2D eigenvalue weighted by molar-refractivity contribution is 4.79. The average molecular weight is 215 g/mol. The summed E-state index contributed by atoms with van der Waals surface area (Å²) in [6, 6.07) is 0.372. The van der Waals surface area contributed by atoms with Crippen LogP contribution in [0.4, 0.5) is 0 Å². The summed E-state index contributed by atoms with van der Waals surface area (Å²) in [5.74, 6) is 0.508. The maximum atomic E-state index is 5.66. The number of ether oxygens (including phenoxy) is 3. The Balaban J connectivity index is 1.91. The summed E-state index contributed by atoms with van der Waals surface area (Å²) in [5.41, 5.74) is 0. The standard InChI is InChI=1S/C11H21NO3/c1-9(2)15-8-12-3-10-4-13-6-11(12)7-14-5-10/h9-11H,3-8H2,1-2H3. The third-order valence-corrected chi connectivity index (χ3v) is 2.91. The molecule has 0 aromatic rings. The molecule has 88 valence electrons. The van der Waals surface area contributed by atoms with E-state index in [4.69, 9.17) is 14.2 Å². The zero-order valence-corrected chi connectivity index (χ0v) is 9.65. The van der Waals surface area contributed by atoms with Crippen LogP contribution in [0.5, 0.6) is 0 Å². The Morgan fingerprint density at radius 3 is 2.47 bits per heavy atom. The quantitative estimate of drug-likeness (QED) is 0.694. The topological polar surface area (TPSA) is 30.9 Å². The molecule has 4 nitrogen and oxygen atoms in total. The van der Waals surface area contributed by atoms with E-state index in [0.717, 1.165) is 33.0 Å². The first-order valence-electron chi connectivity index (χ1n) is 5.77. The van der Waals surface area contributed by atoms with Crippen molar-refractivity contribution in [2.45, 2.75) is 26.0 Å². The molecule has 2 fully saturated rings. The van der Waals surface area contributed by atoms with Crippen LogP contribution in [0.3, 0.4) is 0 Å². The van der Waals surface area contributed by atoms with Crippen LogP contribution >= 0.6 is 0 Å². The van der Waals surface area contributed by atoms with Crippen LogP contribution in [0.2, 0.25) is 0 Å². The predicted octanol–water partition coefficient (Wildman–Crippen LogP) is 0.716. The molecule has 2 aliphatic rings. The van der Waals surface area contributed by atoms with Crippen LogP contribution < -0.4 is 0 Å². The van der Waals surface area contributed by atoms with E-state index in [9.17, 15) is 0 Å². The fourth-order valence-corrected chi connectivity index (χ4v) is 2.04. The van der Waals surface area contributed by atoms with Crippen molar-refractivity contribution >= 4 is 0 Å². The van der Waals surface area contributed by atoms with Gasteiger partial charge in [0, 0.05) is 12.5 Å². The van der Waals surface area contributed by atoms with Crippen molar-refractivity contribution in [2.75, 3.05) is 39.7 Å². The molecule has 2 saturated heterocycles. The number of nitrogens with zero attached hydrogens (tertiary/aromatic N) is 1. The maximum absolute atomic E-state index is 5.66. The summed E-state index contributed by atoms with van der Waals surface area (Å²) < 4.78 is 16.9. The first kappa shape index (κ1) is 11.3. The lowest BCUT2D eigenvalue weighted by Crippen LogP contribution is -2.41. The summed E-state index contributed by atoms with van der Waals surface area (Å²) in [6.07, 6.45) is 0.287. The van der Waals surface area contributed by atoms with E-state index >= 15 is 0 Å². The van der Waals surface area contributed by atoms with E-state index in [1.807, 2.05) is 0 Å². The molecule has 0 N–H and O–H groups in total. The van der Waals surface area contributed by atoms with Gasteiger partial charge in [-0.2, -0.15) is 0 Å². The lowest BCUT2D eigenvalue weighted by atomic mass is 10.2. The molecule has 0 radical (unpaired) electrons. The van der Waals surface area contributed by atoms with Crippen LogP contribution in [-0.4, -0.2) is 56.7 Å². The van der Waals surface area contributed by atoms with Crippen LogP contribution in [0.25, 0.3) is 0 Å². The van der Waals surface area contributed by atoms with Crippen molar-refractivity contribution in [3.8, 4) is 0 Å². The largest absolute Gasteiger partial charge is 0.379 e. The minimum absolute atomic E-state index is 0.287. The molecule has 0 saturated carbocycles. The van der Waals surface area contributed by atoms with Crippen LogP contribution in [0.1, 0.15) is 13.8 Å². The van der Waals surface area contributed by atoms with Crippen molar-refractivity contribution in [3.05, 3.63) is 0 Å². The summed E-state index contributed by atoms with van der Waals surface area (Å²) in [6.45, 7) is 9.08. The molecule has 0 aliphatic carbocycles. The number of rotatable bonds is 3. The molecule has 2 rings (SSSR count). The lowest BCUT2D eigenvalue weighted by Gasteiger charge is -2.27. The van der Waals surface area contributed by atoms with Crippen LogP contribution in [0.15, 0.2) is 0 Å². The van der Waals surface area contributed by atoms with Gasteiger partial charge in [-0.05, 0) is 13.8 Å². The maximum Gasteiger partial charge on any atom is 0.0997 e. The van der Waals surface area contributed by atoms with Gasteiger partial charge in [0.1, 0.15) is 0 Å². The molecule has 2 aliphatic heterocycles. The molecular weight excluding hydrogens is 194 g/mol. The number of hydrogen-bond donors (Lipinski definition) is 0. The molecule has 2 heterocycles. The van der Waals surface area contributed by atoms with Crippen molar-refractivity contribution in [3.63, 3.8) is 0 Å². The monoisotopic (exact) mass is 215 g/mol. The Morgan fingerprint density at radius 1 is 1.20 bits per heavy atom. The van der Waals surface area contributed by atoms with Crippen LogP contribution in [0, 0.1) is 5.92 Å². The van der Waals surface area contributed by atoms with Crippen LogP contribution in [-0.2, 0) is 14.2 Å². The second-order valence-corrected chi connectivity index (χ2v) is 4.71. The molecule has 15 heavy (non-hydrogen) atoms. The van der Waals surface area contributed by atoms with Crippen molar-refractivity contribution in [1.82, 2.24) is 4.90 Å². The molecule has 2 bridgehead atoms. The molecule has 0 atom stereocenters. The minimum atomic E-state index is 0.287. The summed E-state index contributed by atoms with van der Waals surface area (Å²) in [4.78, 5) is 2.35. The Morgan fingerprint density at radius 2 is 1.87 bits per heavy atom. The van der Waals surface area contributed by atoms with Gasteiger partial charge in [-0.15, -0.1) is 0 Å². The fourth-order valence-electron chi connectivity index (χ4n) is 2.04. The van der Waals surface area contributed by atoms with Gasteiger partial charge in [0.2, 0.25) is 0 Å². The fraction of sp³-hybridized carbons (Fsp3) is 1.00. The van der Waals surface area contributed by atoms with Gasteiger partial charge in [-0.25, -0.2) is 0 Å². The molecule has 0 aromatic heterocycles. The second-order valence-electron chi connectivity index (χ2n) is 4.71. The molecule has 0 spiro atoms. The SMILES string of the molecule is CC(C)OCN1CC2COCC1COC2. The van der Waals surface area contributed by atoms with Crippen molar-refractivity contribution in [1.29, 1.82) is 0 Å². The highest BCUT2D eigenvalue weighted by Crippen LogP contribution is 2.17. The molecule has 0 unspecified atom stereocenters. The third kappa shape index (κ3) is 3.14. The zero-order chi connectivity index (χ0) is 10.7. The van der Waals surface area contributed by atoms with Crippen molar-refractivity contribution < 1.29 is 14.2 Å². The molecular formula is C11H21NO3. The number of fused-ring (bicyclic) bond motifs is 3. The molecule has 4 heteroatoms. The highest BCUT2D eigenvalue weighted by Gasteiger charge is 2.30. The van der Waals surface area contributed by atoms with E-state index in [-0.39, 0.29) is 6.10 Å². The predicted molar refractivity (Wildman–Crippen MR) is 56.7 cm³/mol. The summed E-state index contributed by atoms with van der Waals surface area (Å²) >= 11 is 0. The average Bonchev–Trinajstić information content (AvgIpc) is 2.44. The van der Waals surface area contributed by atoms with E-state index in [0.29, 0.717) is 18.7 Å². The Labute approximate surface area is 91.5 Å². The first-order valence-corrected chi connectivity index (χ1v) is 5.77. The van der Waals surface area contributed by atoms with Gasteiger partial charge in [0.05, 0.1) is 45.3 Å². The number of hydrogen-bond acceptors (Lipinski definition) is 4. The molecule has 0 amide bonds. The van der Waals surface area contributed by atoms with E-state index in [1.54, 1.807) is 0 Å². The second kappa shape index (κ2) is 5.25. The van der Waals surface area contributed by atoms with Gasteiger partial charge in [0.25, 0.3) is 0 Å². The summed E-state index contributed by atoms with van der Waals surface area (Å²) in [5, 5.41) is 0. The lowest BCUT2D eigenvalue weighted by molar-refractivity contribution is -0.0446. The smallest absolute Gasteiger partial charge is 0.0997 e. The van der Waals surface area contributed by atoms with Crippen molar-refractivity contribution in [2.24, 2.45) is 5.92 Å². The normalized spacial score (nSPS) is 33.0. The zero-order valence-electron chi connectivity index (χ0n) is 9.65. The first-order chi connectivity index (χ1) is 7.25. The van der Waals surface area contributed by atoms with E-state index in [1.165, 1.54) is 0 Å². The van der Waals surface area contributed by atoms with Gasteiger partial charge in [0.15, 0.2) is 0 Å². The minimum Gasteiger partial charge on any atom is -0.379 e. The van der Waals surface area contributed by atoms with E-state index in [2.05, 4.69) is 18.7 Å². The highest BCUT2D eigenvalue weighted by atomic mass is 16.5. The molecule has 0 aromatic carbocycles. The third-order valence-electron chi connectivity index (χ3n) is 2.91. The van der Waals surface area contributed by atoms with Gasteiger partial charge in [-0.3, -0.25) is 4.90 Å². The Bertz CT molecular complexity index is 188. The summed E-state index contributed by atoms with van der Waals surface area (Å²) in [7, 11) is 0. The Hall–Kier alpha value is -0.160.